The molecule has 2 N–H and O–H groups in total. The van der Waals surface area contributed by atoms with E-state index in [9.17, 15) is 4.39 Å². The van der Waals surface area contributed by atoms with Crippen LogP contribution in [0.5, 0.6) is 0 Å². The number of rotatable bonds is 6. The zero-order valence-corrected chi connectivity index (χ0v) is 19.8. The number of nitrogens with one attached hydrogen (secondary N) is 2. The van der Waals surface area contributed by atoms with Gasteiger partial charge >= 0.3 is 0 Å². The van der Waals surface area contributed by atoms with Gasteiger partial charge in [-0.05, 0) is 61.4 Å². The summed E-state index contributed by atoms with van der Waals surface area (Å²) in [6.07, 6.45) is 6.78. The third kappa shape index (κ3) is 5.13. The topological polar surface area (TPSA) is 69.7 Å². The molecule has 1 aliphatic rings. The molecule has 1 unspecified atom stereocenters. The maximum absolute atomic E-state index is 14.5. The first-order valence-corrected chi connectivity index (χ1v) is 12.1. The highest BCUT2D eigenvalue weighted by Crippen LogP contribution is 2.30. The van der Waals surface area contributed by atoms with Gasteiger partial charge in [0.05, 0.1) is 11.2 Å². The zero-order valence-electron chi connectivity index (χ0n) is 18.2. The van der Waals surface area contributed by atoms with Crippen molar-refractivity contribution in [3.8, 4) is 11.4 Å². The van der Waals surface area contributed by atoms with Gasteiger partial charge in [-0.2, -0.15) is 0 Å². The number of aromatic amines is 1. The van der Waals surface area contributed by atoms with Crippen LogP contribution in [-0.2, 0) is 0 Å². The first-order chi connectivity index (χ1) is 16.0. The minimum Gasteiger partial charge on any atom is -0.367 e. The standard InChI is InChI=1S/C24H24ClFN6S/c1-15-4-2-6-18(8-15)33-32-7-3-5-16(14-32)10-27-24-21(26)13-30-23(31-24)20-12-29-22-19(20)9-17(25)11-28-22/h2,4,6,8-9,11-13,16H,3,5,7,10,14H2,1H3,(H,28,29)(H,27,30,31). The molecule has 1 fully saturated rings. The van der Waals surface area contributed by atoms with Crippen LogP contribution < -0.4 is 5.32 Å². The Kier molecular flexibility index (Phi) is 6.48. The number of anilines is 1. The summed E-state index contributed by atoms with van der Waals surface area (Å²) in [6, 6.07) is 10.4. The van der Waals surface area contributed by atoms with Crippen molar-refractivity contribution in [3.63, 3.8) is 0 Å². The van der Waals surface area contributed by atoms with Gasteiger partial charge in [-0.1, -0.05) is 23.7 Å². The molecule has 0 radical (unpaired) electrons. The predicted octanol–water partition coefficient (Wildman–Crippen LogP) is 5.95. The molecule has 0 aliphatic carbocycles. The highest BCUT2D eigenvalue weighted by atomic mass is 35.5. The van der Waals surface area contributed by atoms with Gasteiger partial charge in [0.1, 0.15) is 5.65 Å². The van der Waals surface area contributed by atoms with Crippen LogP contribution in [-0.4, -0.2) is 43.9 Å². The number of pyridine rings is 1. The minimum absolute atomic E-state index is 0.216. The van der Waals surface area contributed by atoms with Gasteiger partial charge in [-0.3, -0.25) is 0 Å². The van der Waals surface area contributed by atoms with Crippen molar-refractivity contribution in [3.05, 3.63) is 65.3 Å². The van der Waals surface area contributed by atoms with E-state index in [1.54, 1.807) is 30.4 Å². The van der Waals surface area contributed by atoms with Crippen LogP contribution >= 0.6 is 23.5 Å². The molecule has 170 valence electrons. The summed E-state index contributed by atoms with van der Waals surface area (Å²) in [5.74, 6) is 0.587. The lowest BCUT2D eigenvalue weighted by atomic mass is 10.00. The fourth-order valence-corrected chi connectivity index (χ4v) is 5.46. The monoisotopic (exact) mass is 482 g/mol. The molecule has 1 aliphatic heterocycles. The van der Waals surface area contributed by atoms with E-state index in [1.807, 2.05) is 0 Å². The number of H-pyrrole nitrogens is 1. The summed E-state index contributed by atoms with van der Waals surface area (Å²) in [5.41, 5.74) is 2.69. The number of benzene rings is 1. The lowest BCUT2D eigenvalue weighted by Crippen LogP contribution is -2.34. The Balaban J connectivity index is 1.27. The number of aryl methyl sites for hydroxylation is 1. The van der Waals surface area contributed by atoms with Crippen LogP contribution in [0.3, 0.4) is 0 Å². The van der Waals surface area contributed by atoms with Gasteiger partial charge < -0.3 is 10.3 Å². The third-order valence-electron chi connectivity index (χ3n) is 5.75. The summed E-state index contributed by atoms with van der Waals surface area (Å²) >= 11 is 7.90. The normalized spacial score (nSPS) is 16.9. The molecule has 6 nitrogen and oxygen atoms in total. The number of nitrogens with zero attached hydrogens (tertiary/aromatic N) is 4. The van der Waals surface area contributed by atoms with Gasteiger partial charge in [0, 0.05) is 47.9 Å². The molecule has 1 atom stereocenters. The van der Waals surface area contributed by atoms with Crippen molar-refractivity contribution in [1.82, 2.24) is 24.2 Å². The SMILES string of the molecule is Cc1cccc(SN2CCCC(CNc3nc(-c4c[nH]c5ncc(Cl)cc45)ncc3F)C2)c1. The summed E-state index contributed by atoms with van der Waals surface area (Å²) in [7, 11) is 0. The van der Waals surface area contributed by atoms with Gasteiger partial charge in [0.25, 0.3) is 0 Å². The van der Waals surface area contributed by atoms with Gasteiger partial charge in [-0.25, -0.2) is 23.6 Å². The Morgan fingerprint density at radius 1 is 1.27 bits per heavy atom. The van der Waals surface area contributed by atoms with Gasteiger partial charge in [0.15, 0.2) is 17.5 Å². The molecule has 0 saturated carbocycles. The Morgan fingerprint density at radius 2 is 2.18 bits per heavy atom. The predicted molar refractivity (Wildman–Crippen MR) is 132 cm³/mol. The van der Waals surface area contributed by atoms with Crippen molar-refractivity contribution in [2.24, 2.45) is 5.92 Å². The largest absolute Gasteiger partial charge is 0.367 e. The highest BCUT2D eigenvalue weighted by molar-refractivity contribution is 7.97. The average Bonchev–Trinajstić information content (AvgIpc) is 3.22. The van der Waals surface area contributed by atoms with E-state index >= 15 is 0 Å². The Morgan fingerprint density at radius 3 is 3.06 bits per heavy atom. The quantitative estimate of drug-likeness (QED) is 0.331. The molecule has 5 rings (SSSR count). The molecule has 33 heavy (non-hydrogen) atoms. The van der Waals surface area contributed by atoms with Crippen molar-refractivity contribution in [2.45, 2.75) is 24.7 Å². The second-order valence-corrected chi connectivity index (χ2v) is 9.93. The Bertz CT molecular complexity index is 1280. The number of hydrogen-bond acceptors (Lipinski definition) is 6. The van der Waals surface area contributed by atoms with E-state index in [2.05, 4.69) is 60.7 Å². The molecule has 1 saturated heterocycles. The second-order valence-electron chi connectivity index (χ2n) is 8.33. The van der Waals surface area contributed by atoms with E-state index in [4.69, 9.17) is 11.6 Å². The van der Waals surface area contributed by atoms with E-state index in [0.29, 0.717) is 29.0 Å². The van der Waals surface area contributed by atoms with Crippen molar-refractivity contribution < 1.29 is 4.39 Å². The summed E-state index contributed by atoms with van der Waals surface area (Å²) < 4.78 is 16.9. The molecule has 4 aromatic rings. The number of halogens is 2. The van der Waals surface area contributed by atoms with E-state index in [1.165, 1.54) is 16.7 Å². The molecule has 3 aromatic heterocycles. The molecular weight excluding hydrogens is 459 g/mol. The lowest BCUT2D eigenvalue weighted by molar-refractivity contribution is 0.295. The van der Waals surface area contributed by atoms with Crippen LogP contribution in [0.15, 0.2) is 53.8 Å². The highest BCUT2D eigenvalue weighted by Gasteiger charge is 2.22. The number of piperidine rings is 1. The van der Waals surface area contributed by atoms with Gasteiger partial charge in [0.2, 0.25) is 0 Å². The molecular formula is C24H24ClFN6S. The lowest BCUT2D eigenvalue weighted by Gasteiger charge is -2.32. The molecule has 1 aromatic carbocycles. The fourth-order valence-electron chi connectivity index (χ4n) is 4.12. The fraction of sp³-hybridized carbons (Fsp3) is 0.292. The van der Waals surface area contributed by atoms with Crippen molar-refractivity contribution in [1.29, 1.82) is 0 Å². The van der Waals surface area contributed by atoms with E-state index < -0.39 is 5.82 Å². The number of aromatic nitrogens is 4. The third-order valence-corrected chi connectivity index (χ3v) is 7.01. The molecule has 0 bridgehead atoms. The van der Waals surface area contributed by atoms with Crippen LogP contribution in [0.25, 0.3) is 22.4 Å². The summed E-state index contributed by atoms with van der Waals surface area (Å²) in [5, 5.41) is 4.55. The molecule has 0 amide bonds. The van der Waals surface area contributed by atoms with E-state index in [-0.39, 0.29) is 5.82 Å². The van der Waals surface area contributed by atoms with Crippen molar-refractivity contribution >= 4 is 40.4 Å². The van der Waals surface area contributed by atoms with Crippen molar-refractivity contribution in [2.75, 3.05) is 25.0 Å². The van der Waals surface area contributed by atoms with Crippen LogP contribution in [0.1, 0.15) is 18.4 Å². The first kappa shape index (κ1) is 22.1. The smallest absolute Gasteiger partial charge is 0.183 e. The maximum Gasteiger partial charge on any atom is 0.183 e. The molecule has 0 spiro atoms. The molecule has 9 heteroatoms. The zero-order chi connectivity index (χ0) is 22.8. The van der Waals surface area contributed by atoms with E-state index in [0.717, 1.165) is 36.9 Å². The van der Waals surface area contributed by atoms with Crippen LogP contribution in [0, 0.1) is 18.7 Å². The van der Waals surface area contributed by atoms with Gasteiger partial charge in [-0.15, -0.1) is 0 Å². The maximum atomic E-state index is 14.5. The number of hydrogen-bond donors (Lipinski definition) is 2. The minimum atomic E-state index is -0.462. The molecule has 4 heterocycles. The Labute approximate surface area is 201 Å². The summed E-state index contributed by atoms with van der Waals surface area (Å²) in [4.78, 5) is 17.3. The second kappa shape index (κ2) is 9.67. The number of fused-ring (bicyclic) bond motifs is 1. The summed E-state index contributed by atoms with van der Waals surface area (Å²) in [6.45, 7) is 4.76. The average molecular weight is 483 g/mol. The van der Waals surface area contributed by atoms with Crippen LogP contribution in [0.2, 0.25) is 5.02 Å². The first-order valence-electron chi connectivity index (χ1n) is 10.9. The van der Waals surface area contributed by atoms with Crippen LogP contribution in [0.4, 0.5) is 10.2 Å². The Hall–Kier alpha value is -2.68.